The fraction of sp³-hybridized carbons (Fsp3) is 0.211. The van der Waals surface area contributed by atoms with E-state index in [9.17, 15) is 9.59 Å². The Bertz CT molecular complexity index is 931. The minimum atomic E-state index is -0.186. The van der Waals surface area contributed by atoms with E-state index in [1.54, 1.807) is 40.1 Å². The highest BCUT2D eigenvalue weighted by Crippen LogP contribution is 2.23. The van der Waals surface area contributed by atoms with Gasteiger partial charge in [0.05, 0.1) is 12.2 Å². The number of carbonyl (C=O) groups is 1. The lowest BCUT2D eigenvalue weighted by Crippen LogP contribution is -2.28. The normalized spacial score (nSPS) is 10.6. The van der Waals surface area contributed by atoms with Crippen LogP contribution >= 0.6 is 11.3 Å². The van der Waals surface area contributed by atoms with Crippen LogP contribution in [0.1, 0.15) is 23.0 Å². The fourth-order valence-electron chi connectivity index (χ4n) is 2.53. The first-order valence-corrected chi connectivity index (χ1v) is 8.92. The summed E-state index contributed by atoms with van der Waals surface area (Å²) in [4.78, 5) is 30.6. The molecule has 3 rings (SSSR count). The lowest BCUT2D eigenvalue weighted by molar-refractivity contribution is 0.0783. The number of hydrogen-bond acceptors (Lipinski definition) is 4. The van der Waals surface area contributed by atoms with Crippen molar-refractivity contribution in [2.45, 2.75) is 20.0 Å². The van der Waals surface area contributed by atoms with E-state index in [1.165, 1.54) is 6.07 Å². The molecular weight excluding hydrogens is 334 g/mol. The number of hydrogen-bond donors (Lipinski definition) is 0. The van der Waals surface area contributed by atoms with Crippen LogP contribution in [-0.4, -0.2) is 27.4 Å². The molecule has 0 saturated heterocycles. The summed E-state index contributed by atoms with van der Waals surface area (Å²) in [6.07, 6.45) is 1.65. The SMILES string of the molecule is CCn1ccc(C(=O)N(C)Cc2csc(-c3ccccc3)n2)cc1=O. The van der Waals surface area contributed by atoms with Gasteiger partial charge in [-0.3, -0.25) is 9.59 Å². The zero-order valence-corrected chi connectivity index (χ0v) is 15.0. The number of thiazole rings is 1. The molecule has 0 saturated carbocycles. The maximum Gasteiger partial charge on any atom is 0.254 e. The Hall–Kier alpha value is -2.73. The maximum atomic E-state index is 12.5. The maximum absolute atomic E-state index is 12.5. The molecule has 1 aromatic carbocycles. The van der Waals surface area contributed by atoms with Gasteiger partial charge in [-0.2, -0.15) is 0 Å². The molecule has 25 heavy (non-hydrogen) atoms. The third-order valence-electron chi connectivity index (χ3n) is 3.90. The first kappa shape index (κ1) is 17.1. The van der Waals surface area contributed by atoms with E-state index >= 15 is 0 Å². The van der Waals surface area contributed by atoms with E-state index in [1.807, 2.05) is 42.6 Å². The number of amides is 1. The Morgan fingerprint density at radius 1 is 1.24 bits per heavy atom. The summed E-state index contributed by atoms with van der Waals surface area (Å²) in [5.74, 6) is -0.186. The zero-order valence-electron chi connectivity index (χ0n) is 14.2. The Morgan fingerprint density at radius 2 is 2.00 bits per heavy atom. The van der Waals surface area contributed by atoms with E-state index in [0.29, 0.717) is 18.7 Å². The van der Waals surface area contributed by atoms with Gasteiger partial charge in [0.2, 0.25) is 0 Å². The summed E-state index contributed by atoms with van der Waals surface area (Å²) in [7, 11) is 1.72. The van der Waals surface area contributed by atoms with E-state index in [-0.39, 0.29) is 11.5 Å². The average molecular weight is 353 g/mol. The molecule has 0 unspecified atom stereocenters. The second-order valence-electron chi connectivity index (χ2n) is 5.71. The highest BCUT2D eigenvalue weighted by molar-refractivity contribution is 7.13. The van der Waals surface area contributed by atoms with Crippen molar-refractivity contribution >= 4 is 17.2 Å². The molecule has 0 spiro atoms. The predicted octanol–water partition coefficient (Wildman–Crippen LogP) is 3.26. The van der Waals surface area contributed by atoms with Crippen LogP contribution in [0, 0.1) is 0 Å². The monoisotopic (exact) mass is 353 g/mol. The Kier molecular flexibility index (Phi) is 5.09. The van der Waals surface area contributed by atoms with Gasteiger partial charge < -0.3 is 9.47 Å². The molecule has 0 fully saturated rings. The van der Waals surface area contributed by atoms with Crippen molar-refractivity contribution < 1.29 is 4.79 Å². The van der Waals surface area contributed by atoms with Crippen LogP contribution in [0.25, 0.3) is 10.6 Å². The molecule has 1 amide bonds. The Balaban J connectivity index is 1.73. The zero-order chi connectivity index (χ0) is 17.8. The third kappa shape index (κ3) is 3.85. The molecule has 0 aliphatic rings. The molecule has 6 heteroatoms. The number of aromatic nitrogens is 2. The standard InChI is InChI=1S/C19H19N3O2S/c1-3-22-10-9-15(11-17(22)23)19(24)21(2)12-16-13-25-18(20-16)14-7-5-4-6-8-14/h4-11,13H,3,12H2,1-2H3. The van der Waals surface area contributed by atoms with Gasteiger partial charge in [0.1, 0.15) is 5.01 Å². The van der Waals surface area contributed by atoms with Gasteiger partial charge >= 0.3 is 0 Å². The Labute approximate surface area is 150 Å². The number of carbonyl (C=O) groups excluding carboxylic acids is 1. The molecule has 0 radical (unpaired) electrons. The van der Waals surface area contributed by atoms with Gasteiger partial charge in [-0.05, 0) is 13.0 Å². The topological polar surface area (TPSA) is 55.2 Å². The van der Waals surface area contributed by atoms with Crippen molar-refractivity contribution in [3.05, 3.63) is 75.7 Å². The molecule has 0 N–H and O–H groups in total. The number of benzene rings is 1. The molecule has 0 atom stereocenters. The van der Waals surface area contributed by atoms with Crippen LogP contribution in [0.4, 0.5) is 0 Å². The Morgan fingerprint density at radius 3 is 2.68 bits per heavy atom. The second-order valence-corrected chi connectivity index (χ2v) is 6.57. The highest BCUT2D eigenvalue weighted by atomic mass is 32.1. The molecular formula is C19H19N3O2S. The first-order chi connectivity index (χ1) is 12.1. The van der Waals surface area contributed by atoms with Crippen LogP contribution < -0.4 is 5.56 Å². The van der Waals surface area contributed by atoms with Crippen molar-refractivity contribution in [3.63, 3.8) is 0 Å². The third-order valence-corrected chi connectivity index (χ3v) is 4.84. The average Bonchev–Trinajstić information content (AvgIpc) is 3.10. The van der Waals surface area contributed by atoms with Crippen molar-refractivity contribution in [2.75, 3.05) is 7.05 Å². The highest BCUT2D eigenvalue weighted by Gasteiger charge is 2.15. The molecule has 5 nitrogen and oxygen atoms in total. The number of pyridine rings is 1. The van der Waals surface area contributed by atoms with Crippen LogP contribution in [0.2, 0.25) is 0 Å². The van der Waals surface area contributed by atoms with Crippen molar-refractivity contribution in [2.24, 2.45) is 0 Å². The van der Waals surface area contributed by atoms with Gasteiger partial charge in [-0.1, -0.05) is 30.3 Å². The summed E-state index contributed by atoms with van der Waals surface area (Å²) in [5.41, 5.74) is 2.13. The van der Waals surface area contributed by atoms with Gasteiger partial charge in [0, 0.05) is 42.4 Å². The first-order valence-electron chi connectivity index (χ1n) is 8.04. The van der Waals surface area contributed by atoms with E-state index in [0.717, 1.165) is 16.3 Å². The summed E-state index contributed by atoms with van der Waals surface area (Å²) in [6, 6.07) is 13.0. The quantitative estimate of drug-likeness (QED) is 0.707. The van der Waals surface area contributed by atoms with Crippen molar-refractivity contribution in [1.82, 2.24) is 14.5 Å². The van der Waals surface area contributed by atoms with E-state index in [4.69, 9.17) is 0 Å². The molecule has 2 heterocycles. The second kappa shape index (κ2) is 7.44. The molecule has 0 aliphatic carbocycles. The largest absolute Gasteiger partial charge is 0.336 e. The van der Waals surface area contributed by atoms with E-state index in [2.05, 4.69) is 4.98 Å². The van der Waals surface area contributed by atoms with Gasteiger partial charge in [-0.15, -0.1) is 11.3 Å². The lowest BCUT2D eigenvalue weighted by Gasteiger charge is -2.16. The van der Waals surface area contributed by atoms with Gasteiger partial charge in [0.25, 0.3) is 11.5 Å². The molecule has 3 aromatic rings. The van der Waals surface area contributed by atoms with Crippen LogP contribution in [0.5, 0.6) is 0 Å². The van der Waals surface area contributed by atoms with Crippen LogP contribution in [-0.2, 0) is 13.1 Å². The summed E-state index contributed by atoms with van der Waals surface area (Å²) in [5, 5.41) is 2.89. The molecule has 0 bridgehead atoms. The summed E-state index contributed by atoms with van der Waals surface area (Å²) in [6.45, 7) is 2.88. The van der Waals surface area contributed by atoms with Crippen molar-refractivity contribution in [3.8, 4) is 10.6 Å². The molecule has 0 aliphatic heterocycles. The van der Waals surface area contributed by atoms with E-state index < -0.39 is 0 Å². The summed E-state index contributed by atoms with van der Waals surface area (Å²) >= 11 is 1.56. The minimum Gasteiger partial charge on any atom is -0.336 e. The smallest absolute Gasteiger partial charge is 0.254 e. The summed E-state index contributed by atoms with van der Waals surface area (Å²) < 4.78 is 1.56. The van der Waals surface area contributed by atoms with Gasteiger partial charge in [0.15, 0.2) is 0 Å². The number of aryl methyl sites for hydroxylation is 1. The van der Waals surface area contributed by atoms with Crippen molar-refractivity contribution in [1.29, 1.82) is 0 Å². The van der Waals surface area contributed by atoms with Crippen LogP contribution in [0.15, 0.2) is 58.8 Å². The number of rotatable bonds is 5. The number of nitrogens with zero attached hydrogens (tertiary/aromatic N) is 3. The molecule has 128 valence electrons. The van der Waals surface area contributed by atoms with Gasteiger partial charge in [-0.25, -0.2) is 4.98 Å². The van der Waals surface area contributed by atoms with Crippen LogP contribution in [0.3, 0.4) is 0 Å². The predicted molar refractivity (Wildman–Crippen MR) is 99.7 cm³/mol. The minimum absolute atomic E-state index is 0.165. The molecule has 2 aromatic heterocycles. The lowest BCUT2D eigenvalue weighted by atomic mass is 10.2. The fourth-order valence-corrected chi connectivity index (χ4v) is 3.35.